The number of aliphatic hydroxyl groups excluding tert-OH is 1. The number of rotatable bonds is 6. The summed E-state index contributed by atoms with van der Waals surface area (Å²) in [5.41, 5.74) is 11.7. The molecule has 0 bridgehead atoms. The van der Waals surface area contributed by atoms with Crippen LogP contribution < -0.4 is 16.8 Å². The Labute approximate surface area is 111 Å². The first-order valence-corrected chi connectivity index (χ1v) is 6.22. The summed E-state index contributed by atoms with van der Waals surface area (Å²) in [5, 5.41) is 11.7. The molecule has 1 aromatic carbocycles. The van der Waals surface area contributed by atoms with E-state index in [1.165, 1.54) is 6.07 Å². The summed E-state index contributed by atoms with van der Waals surface area (Å²) in [6.07, 6.45) is 1.66. The summed E-state index contributed by atoms with van der Waals surface area (Å²) in [5.74, 6) is -0.381. The van der Waals surface area contributed by atoms with E-state index in [4.69, 9.17) is 28.2 Å². The van der Waals surface area contributed by atoms with Crippen LogP contribution in [-0.2, 0) is 0 Å². The highest BCUT2D eigenvalue weighted by atomic mass is 35.5. The van der Waals surface area contributed by atoms with E-state index < -0.39 is 5.82 Å². The van der Waals surface area contributed by atoms with Crippen molar-refractivity contribution >= 4 is 28.7 Å². The maximum atomic E-state index is 13.8. The number of nitrogens with two attached hydrogens (primary N) is 2. The minimum Gasteiger partial charge on any atom is -0.397 e. The standard InChI is InChI=1S/C12H19ClFN3O/c1-7(6-18)3-2-4-17-12-9(16)5-8(15)10(13)11(12)14/h5,7,17-18H,2-4,6,15-16H2,1H3. The molecular formula is C12H19ClFN3O. The molecule has 1 rings (SSSR count). The Morgan fingerprint density at radius 2 is 2.11 bits per heavy atom. The summed E-state index contributed by atoms with van der Waals surface area (Å²) in [4.78, 5) is 0. The lowest BCUT2D eigenvalue weighted by Crippen LogP contribution is -2.10. The van der Waals surface area contributed by atoms with Crippen molar-refractivity contribution in [3.05, 3.63) is 16.9 Å². The van der Waals surface area contributed by atoms with Gasteiger partial charge in [0.05, 0.1) is 17.1 Å². The van der Waals surface area contributed by atoms with Crippen molar-refractivity contribution in [1.29, 1.82) is 0 Å². The third-order valence-electron chi connectivity index (χ3n) is 2.75. The molecule has 102 valence electrons. The molecule has 1 atom stereocenters. The van der Waals surface area contributed by atoms with Crippen LogP contribution in [0.1, 0.15) is 19.8 Å². The van der Waals surface area contributed by atoms with Crippen molar-refractivity contribution in [3.63, 3.8) is 0 Å². The molecule has 4 nitrogen and oxygen atoms in total. The Balaban J connectivity index is 2.60. The molecule has 0 heterocycles. The molecule has 18 heavy (non-hydrogen) atoms. The Hall–Kier alpha value is -1.20. The normalized spacial score (nSPS) is 12.4. The molecule has 0 aliphatic heterocycles. The van der Waals surface area contributed by atoms with E-state index in [-0.39, 0.29) is 34.6 Å². The lowest BCUT2D eigenvalue weighted by Gasteiger charge is -2.13. The fourth-order valence-corrected chi connectivity index (χ4v) is 1.75. The fraction of sp³-hybridized carbons (Fsp3) is 0.500. The zero-order valence-corrected chi connectivity index (χ0v) is 11.1. The fourth-order valence-electron chi connectivity index (χ4n) is 1.60. The molecule has 6 N–H and O–H groups in total. The van der Waals surface area contributed by atoms with Gasteiger partial charge < -0.3 is 21.9 Å². The smallest absolute Gasteiger partial charge is 0.169 e. The SMILES string of the molecule is CC(CO)CCCNc1c(N)cc(N)c(Cl)c1F. The van der Waals surface area contributed by atoms with Gasteiger partial charge >= 0.3 is 0 Å². The van der Waals surface area contributed by atoms with Crippen molar-refractivity contribution in [2.75, 3.05) is 29.9 Å². The van der Waals surface area contributed by atoms with E-state index in [9.17, 15) is 4.39 Å². The van der Waals surface area contributed by atoms with Crippen LogP contribution in [-0.4, -0.2) is 18.3 Å². The van der Waals surface area contributed by atoms with Crippen LogP contribution >= 0.6 is 11.6 Å². The van der Waals surface area contributed by atoms with Crippen LogP contribution in [0.4, 0.5) is 21.5 Å². The number of aliphatic hydroxyl groups is 1. The molecule has 0 amide bonds. The third kappa shape index (κ3) is 3.65. The molecule has 6 heteroatoms. The molecule has 0 saturated heterocycles. The van der Waals surface area contributed by atoms with Crippen molar-refractivity contribution in [3.8, 4) is 0 Å². The first-order valence-electron chi connectivity index (χ1n) is 5.85. The largest absolute Gasteiger partial charge is 0.397 e. The van der Waals surface area contributed by atoms with Crippen molar-refractivity contribution in [1.82, 2.24) is 0 Å². The number of anilines is 3. The highest BCUT2D eigenvalue weighted by molar-refractivity contribution is 6.33. The zero-order valence-electron chi connectivity index (χ0n) is 10.3. The summed E-state index contributed by atoms with van der Waals surface area (Å²) in [7, 11) is 0. The average Bonchev–Trinajstić information content (AvgIpc) is 2.34. The molecule has 0 saturated carbocycles. The molecule has 0 spiro atoms. The van der Waals surface area contributed by atoms with Crippen LogP contribution in [0.15, 0.2) is 6.07 Å². The minimum atomic E-state index is -0.621. The van der Waals surface area contributed by atoms with Crippen LogP contribution in [0.5, 0.6) is 0 Å². The zero-order chi connectivity index (χ0) is 13.7. The van der Waals surface area contributed by atoms with E-state index in [1.807, 2.05) is 6.92 Å². The van der Waals surface area contributed by atoms with Gasteiger partial charge in [0.1, 0.15) is 5.02 Å². The second kappa shape index (κ2) is 6.66. The molecule has 1 unspecified atom stereocenters. The second-order valence-electron chi connectivity index (χ2n) is 4.41. The third-order valence-corrected chi connectivity index (χ3v) is 3.14. The summed E-state index contributed by atoms with van der Waals surface area (Å²) in [6, 6.07) is 1.43. The van der Waals surface area contributed by atoms with Gasteiger partial charge in [-0.15, -0.1) is 0 Å². The van der Waals surface area contributed by atoms with Gasteiger partial charge in [-0.2, -0.15) is 0 Å². The summed E-state index contributed by atoms with van der Waals surface area (Å²) < 4.78 is 13.8. The highest BCUT2D eigenvalue weighted by Crippen LogP contribution is 2.33. The number of hydrogen-bond donors (Lipinski definition) is 4. The van der Waals surface area contributed by atoms with E-state index in [1.54, 1.807) is 0 Å². The van der Waals surface area contributed by atoms with Crippen molar-refractivity contribution in [2.24, 2.45) is 5.92 Å². The van der Waals surface area contributed by atoms with Gasteiger partial charge in [0.25, 0.3) is 0 Å². The Morgan fingerprint density at radius 3 is 2.72 bits per heavy atom. The predicted octanol–water partition coefficient (Wildman–Crippen LogP) is 2.46. The number of nitrogens with one attached hydrogen (secondary N) is 1. The lowest BCUT2D eigenvalue weighted by atomic mass is 10.1. The monoisotopic (exact) mass is 275 g/mol. The maximum absolute atomic E-state index is 13.8. The molecule has 1 aromatic rings. The van der Waals surface area contributed by atoms with Crippen LogP contribution in [0.2, 0.25) is 5.02 Å². The molecule has 0 aromatic heterocycles. The first kappa shape index (κ1) is 14.9. The van der Waals surface area contributed by atoms with Gasteiger partial charge in [0.15, 0.2) is 5.82 Å². The number of halogens is 2. The topological polar surface area (TPSA) is 84.3 Å². The Kier molecular flexibility index (Phi) is 5.50. The average molecular weight is 276 g/mol. The van der Waals surface area contributed by atoms with Gasteiger partial charge in [-0.25, -0.2) is 4.39 Å². The lowest BCUT2D eigenvalue weighted by molar-refractivity contribution is 0.229. The van der Waals surface area contributed by atoms with Gasteiger partial charge in [0.2, 0.25) is 0 Å². The van der Waals surface area contributed by atoms with Gasteiger partial charge in [-0.3, -0.25) is 0 Å². The second-order valence-corrected chi connectivity index (χ2v) is 4.79. The highest BCUT2D eigenvalue weighted by Gasteiger charge is 2.13. The number of nitrogen functional groups attached to an aromatic ring is 2. The van der Waals surface area contributed by atoms with E-state index in [2.05, 4.69) is 5.32 Å². The van der Waals surface area contributed by atoms with Gasteiger partial charge in [-0.05, 0) is 24.8 Å². The van der Waals surface area contributed by atoms with E-state index >= 15 is 0 Å². The number of hydrogen-bond acceptors (Lipinski definition) is 4. The molecule has 0 aliphatic carbocycles. The summed E-state index contributed by atoms with van der Waals surface area (Å²) >= 11 is 5.71. The quantitative estimate of drug-likeness (QED) is 0.475. The van der Waals surface area contributed by atoms with Crippen molar-refractivity contribution in [2.45, 2.75) is 19.8 Å². The molecule has 0 aliphatic rings. The number of benzene rings is 1. The molecule has 0 fully saturated rings. The molecule has 0 radical (unpaired) electrons. The van der Waals surface area contributed by atoms with Crippen LogP contribution in [0.3, 0.4) is 0 Å². The van der Waals surface area contributed by atoms with E-state index in [0.29, 0.717) is 6.54 Å². The van der Waals surface area contributed by atoms with Gasteiger partial charge in [0, 0.05) is 13.2 Å². The predicted molar refractivity (Wildman–Crippen MR) is 74.2 cm³/mol. The maximum Gasteiger partial charge on any atom is 0.169 e. The Morgan fingerprint density at radius 1 is 1.44 bits per heavy atom. The molecular weight excluding hydrogens is 257 g/mol. The Bertz CT molecular complexity index is 415. The van der Waals surface area contributed by atoms with Crippen LogP contribution in [0, 0.1) is 11.7 Å². The first-order chi connectivity index (χ1) is 8.47. The van der Waals surface area contributed by atoms with E-state index in [0.717, 1.165) is 12.8 Å². The van der Waals surface area contributed by atoms with Crippen LogP contribution in [0.25, 0.3) is 0 Å². The summed E-state index contributed by atoms with van der Waals surface area (Å²) in [6.45, 7) is 2.67. The van der Waals surface area contributed by atoms with Crippen molar-refractivity contribution < 1.29 is 9.50 Å². The minimum absolute atomic E-state index is 0.115. The van der Waals surface area contributed by atoms with Gasteiger partial charge in [-0.1, -0.05) is 18.5 Å².